The summed E-state index contributed by atoms with van der Waals surface area (Å²) < 4.78 is 14.7. The molecule has 1 aliphatic heterocycles. The predicted molar refractivity (Wildman–Crippen MR) is 109 cm³/mol. The van der Waals surface area contributed by atoms with E-state index < -0.39 is 5.41 Å². The first-order chi connectivity index (χ1) is 14.2. The van der Waals surface area contributed by atoms with E-state index in [1.807, 2.05) is 25.7 Å². The first kappa shape index (κ1) is 20.2. The average Bonchev–Trinajstić information content (AvgIpc) is 3.12. The fourth-order valence-electron chi connectivity index (χ4n) is 3.78. The van der Waals surface area contributed by atoms with Crippen molar-refractivity contribution in [2.24, 2.45) is 5.41 Å². The standard InChI is InChI=1S/C21H25FN6O2/c1-21(2,3)20(30)27-10-8-14(9-11-27)17-23-18-16(19(29)24-17)25-26-28(18)12-13-4-6-15(22)7-5-13/h4-7,14H,8-12H2,1-3H3,(H,23,24,29). The number of benzene rings is 1. The second-order valence-corrected chi connectivity index (χ2v) is 8.81. The molecule has 0 spiro atoms. The summed E-state index contributed by atoms with van der Waals surface area (Å²) in [5.41, 5.74) is 0.693. The van der Waals surface area contributed by atoms with Gasteiger partial charge in [0.25, 0.3) is 5.56 Å². The molecule has 30 heavy (non-hydrogen) atoms. The van der Waals surface area contributed by atoms with Gasteiger partial charge in [-0.1, -0.05) is 38.1 Å². The lowest BCUT2D eigenvalue weighted by Gasteiger charge is -2.35. The Kier molecular flexibility index (Phi) is 5.13. The van der Waals surface area contributed by atoms with Gasteiger partial charge in [0.1, 0.15) is 11.6 Å². The van der Waals surface area contributed by atoms with Crippen LogP contribution >= 0.6 is 0 Å². The van der Waals surface area contributed by atoms with Gasteiger partial charge in [0.2, 0.25) is 5.91 Å². The molecule has 158 valence electrons. The van der Waals surface area contributed by atoms with Crippen LogP contribution in [0.2, 0.25) is 0 Å². The summed E-state index contributed by atoms with van der Waals surface area (Å²) in [7, 11) is 0. The Hall–Kier alpha value is -3.10. The van der Waals surface area contributed by atoms with E-state index in [-0.39, 0.29) is 28.7 Å². The van der Waals surface area contributed by atoms with E-state index in [2.05, 4.69) is 20.3 Å². The molecule has 0 saturated carbocycles. The number of aromatic nitrogens is 5. The Balaban J connectivity index is 1.56. The van der Waals surface area contributed by atoms with Crippen molar-refractivity contribution >= 4 is 17.1 Å². The van der Waals surface area contributed by atoms with Gasteiger partial charge in [0, 0.05) is 24.4 Å². The van der Waals surface area contributed by atoms with Gasteiger partial charge in [-0.2, -0.15) is 0 Å². The van der Waals surface area contributed by atoms with Crippen LogP contribution in [0.5, 0.6) is 0 Å². The average molecular weight is 412 g/mol. The van der Waals surface area contributed by atoms with Crippen molar-refractivity contribution in [3.05, 3.63) is 51.8 Å². The first-order valence-corrected chi connectivity index (χ1v) is 10.1. The van der Waals surface area contributed by atoms with Crippen molar-refractivity contribution in [1.82, 2.24) is 29.9 Å². The largest absolute Gasteiger partial charge is 0.342 e. The number of halogens is 1. The maximum atomic E-state index is 13.2. The minimum absolute atomic E-state index is 0.0558. The number of nitrogens with zero attached hydrogens (tertiary/aromatic N) is 5. The highest BCUT2D eigenvalue weighted by Crippen LogP contribution is 2.28. The Morgan fingerprint density at radius 1 is 1.20 bits per heavy atom. The summed E-state index contributed by atoms with van der Waals surface area (Å²) in [6, 6.07) is 6.09. The monoisotopic (exact) mass is 412 g/mol. The number of hydrogen-bond donors (Lipinski definition) is 1. The van der Waals surface area contributed by atoms with E-state index in [1.54, 1.807) is 16.8 Å². The van der Waals surface area contributed by atoms with Crippen LogP contribution in [-0.4, -0.2) is 48.9 Å². The van der Waals surface area contributed by atoms with Gasteiger partial charge in [-0.05, 0) is 30.5 Å². The number of carbonyl (C=O) groups excluding carboxylic acids is 1. The molecule has 1 aliphatic rings. The fraction of sp³-hybridized carbons (Fsp3) is 0.476. The van der Waals surface area contributed by atoms with Gasteiger partial charge in [-0.25, -0.2) is 14.1 Å². The normalized spacial score (nSPS) is 15.7. The molecule has 8 nitrogen and oxygen atoms in total. The molecule has 0 atom stereocenters. The van der Waals surface area contributed by atoms with Crippen molar-refractivity contribution in [3.63, 3.8) is 0 Å². The molecule has 0 radical (unpaired) electrons. The van der Waals surface area contributed by atoms with Gasteiger partial charge >= 0.3 is 0 Å². The van der Waals surface area contributed by atoms with E-state index in [9.17, 15) is 14.0 Å². The van der Waals surface area contributed by atoms with Crippen LogP contribution in [0, 0.1) is 11.2 Å². The highest BCUT2D eigenvalue weighted by atomic mass is 19.1. The first-order valence-electron chi connectivity index (χ1n) is 10.1. The quantitative estimate of drug-likeness (QED) is 0.713. The van der Waals surface area contributed by atoms with E-state index in [0.29, 0.717) is 31.1 Å². The van der Waals surface area contributed by atoms with Crippen molar-refractivity contribution in [1.29, 1.82) is 0 Å². The molecule has 1 fully saturated rings. The van der Waals surface area contributed by atoms with Crippen molar-refractivity contribution in [2.75, 3.05) is 13.1 Å². The smallest absolute Gasteiger partial charge is 0.281 e. The van der Waals surface area contributed by atoms with E-state index in [1.165, 1.54) is 12.1 Å². The number of rotatable bonds is 3. The Morgan fingerprint density at radius 2 is 1.87 bits per heavy atom. The summed E-state index contributed by atoms with van der Waals surface area (Å²) >= 11 is 0. The van der Waals surface area contributed by atoms with Crippen LogP contribution in [0.4, 0.5) is 4.39 Å². The van der Waals surface area contributed by atoms with Crippen molar-refractivity contribution in [3.8, 4) is 0 Å². The Bertz CT molecular complexity index is 1120. The van der Waals surface area contributed by atoms with Crippen molar-refractivity contribution < 1.29 is 9.18 Å². The summed E-state index contributed by atoms with van der Waals surface area (Å²) in [6.07, 6.45) is 1.46. The van der Waals surface area contributed by atoms with E-state index in [4.69, 9.17) is 0 Å². The minimum Gasteiger partial charge on any atom is -0.342 e. The molecule has 2 aromatic heterocycles. The van der Waals surface area contributed by atoms with Gasteiger partial charge in [-0.15, -0.1) is 5.10 Å². The third-order valence-corrected chi connectivity index (χ3v) is 5.45. The zero-order valence-electron chi connectivity index (χ0n) is 17.4. The number of carbonyl (C=O) groups is 1. The fourth-order valence-corrected chi connectivity index (χ4v) is 3.78. The molecule has 1 amide bonds. The third-order valence-electron chi connectivity index (χ3n) is 5.45. The third kappa shape index (κ3) is 3.96. The van der Waals surface area contributed by atoms with Crippen LogP contribution in [0.15, 0.2) is 29.1 Å². The Morgan fingerprint density at radius 3 is 2.50 bits per heavy atom. The van der Waals surface area contributed by atoms with Crippen LogP contribution in [0.25, 0.3) is 11.2 Å². The number of nitrogens with one attached hydrogen (secondary N) is 1. The van der Waals surface area contributed by atoms with E-state index >= 15 is 0 Å². The molecule has 9 heteroatoms. The number of amides is 1. The molecule has 0 unspecified atom stereocenters. The molecule has 3 heterocycles. The Labute approximate surface area is 173 Å². The summed E-state index contributed by atoms with van der Waals surface area (Å²) in [5, 5.41) is 8.02. The van der Waals surface area contributed by atoms with Crippen LogP contribution in [0.1, 0.15) is 50.9 Å². The summed E-state index contributed by atoms with van der Waals surface area (Å²) in [6.45, 7) is 7.37. The highest BCUT2D eigenvalue weighted by Gasteiger charge is 2.31. The SMILES string of the molecule is CC(C)(C)C(=O)N1CCC(c2nc3c(nnn3Cc3ccc(F)cc3)c(=O)[nH]2)CC1. The summed E-state index contributed by atoms with van der Waals surface area (Å²) in [5.74, 6) is 0.480. The highest BCUT2D eigenvalue weighted by molar-refractivity contribution is 5.81. The number of fused-ring (bicyclic) bond motifs is 1. The molecule has 1 aromatic carbocycles. The molecule has 1 saturated heterocycles. The van der Waals surface area contributed by atoms with Crippen LogP contribution in [-0.2, 0) is 11.3 Å². The van der Waals surface area contributed by atoms with Gasteiger partial charge in [-0.3, -0.25) is 9.59 Å². The number of likely N-dealkylation sites (tertiary alicyclic amines) is 1. The second kappa shape index (κ2) is 7.62. The summed E-state index contributed by atoms with van der Waals surface area (Å²) in [4.78, 5) is 34.4. The molecular weight excluding hydrogens is 387 g/mol. The number of H-pyrrole nitrogens is 1. The van der Waals surface area contributed by atoms with Crippen molar-refractivity contribution in [2.45, 2.75) is 46.1 Å². The predicted octanol–water partition coefficient (Wildman–Crippen LogP) is 2.45. The minimum atomic E-state index is -0.406. The maximum Gasteiger partial charge on any atom is 0.281 e. The maximum absolute atomic E-state index is 13.2. The lowest BCUT2D eigenvalue weighted by molar-refractivity contribution is -0.140. The molecule has 1 N–H and O–H groups in total. The van der Waals surface area contributed by atoms with Gasteiger partial charge in [0.05, 0.1) is 6.54 Å². The van der Waals surface area contributed by atoms with Gasteiger partial charge in [0.15, 0.2) is 11.2 Å². The second-order valence-electron chi connectivity index (χ2n) is 8.81. The zero-order valence-corrected chi connectivity index (χ0v) is 17.4. The lowest BCUT2D eigenvalue weighted by Crippen LogP contribution is -2.44. The molecular formula is C21H25FN6O2. The van der Waals surface area contributed by atoms with Gasteiger partial charge < -0.3 is 9.88 Å². The molecule has 0 bridgehead atoms. The van der Waals surface area contributed by atoms with Crippen LogP contribution in [0.3, 0.4) is 0 Å². The molecule has 0 aliphatic carbocycles. The van der Waals surface area contributed by atoms with E-state index in [0.717, 1.165) is 18.4 Å². The lowest BCUT2D eigenvalue weighted by atomic mass is 9.90. The topological polar surface area (TPSA) is 96.8 Å². The molecule has 3 aromatic rings. The number of aromatic amines is 1. The molecule has 4 rings (SSSR count). The number of hydrogen-bond acceptors (Lipinski definition) is 5. The number of piperidine rings is 1. The van der Waals surface area contributed by atoms with Crippen LogP contribution < -0.4 is 5.56 Å². The zero-order chi connectivity index (χ0) is 21.5.